The van der Waals surface area contributed by atoms with Crippen molar-refractivity contribution in [2.24, 2.45) is 5.92 Å². The van der Waals surface area contributed by atoms with Crippen LogP contribution in [-0.2, 0) is 11.2 Å². The number of oxazole rings is 1. The third-order valence-electron chi connectivity index (χ3n) is 4.64. The van der Waals surface area contributed by atoms with Gasteiger partial charge in [-0.2, -0.15) is 0 Å². The SMILES string of the molecule is CC1CCC(NC(=O)CCc2ncc(-c3ccccc3Cl)o2)CC1. The minimum absolute atomic E-state index is 0.0760. The van der Waals surface area contributed by atoms with Gasteiger partial charge < -0.3 is 9.73 Å². The largest absolute Gasteiger partial charge is 0.441 e. The zero-order chi connectivity index (χ0) is 16.9. The Hall–Kier alpha value is -1.81. The normalized spacial score (nSPS) is 20.8. The first-order valence-corrected chi connectivity index (χ1v) is 8.98. The molecular weight excluding hydrogens is 324 g/mol. The molecule has 0 saturated heterocycles. The molecule has 1 amide bonds. The first-order chi connectivity index (χ1) is 11.6. The van der Waals surface area contributed by atoms with E-state index < -0.39 is 0 Å². The molecule has 5 heteroatoms. The van der Waals surface area contributed by atoms with Gasteiger partial charge in [0.05, 0.1) is 11.2 Å². The molecular formula is C19H23ClN2O2. The number of aromatic nitrogens is 1. The Kier molecular flexibility index (Phi) is 5.56. The highest BCUT2D eigenvalue weighted by molar-refractivity contribution is 6.33. The molecule has 1 aromatic heterocycles. The van der Waals surface area contributed by atoms with Crippen LogP contribution in [-0.4, -0.2) is 16.9 Å². The lowest BCUT2D eigenvalue weighted by atomic mass is 9.87. The second kappa shape index (κ2) is 7.84. The molecule has 128 valence electrons. The quantitative estimate of drug-likeness (QED) is 0.859. The number of hydrogen-bond acceptors (Lipinski definition) is 3. The lowest BCUT2D eigenvalue weighted by Gasteiger charge is -2.26. The number of rotatable bonds is 5. The summed E-state index contributed by atoms with van der Waals surface area (Å²) < 4.78 is 5.73. The van der Waals surface area contributed by atoms with Crippen molar-refractivity contribution in [1.82, 2.24) is 10.3 Å². The predicted octanol–water partition coefficient (Wildman–Crippen LogP) is 4.62. The summed E-state index contributed by atoms with van der Waals surface area (Å²) >= 11 is 6.16. The second-order valence-corrected chi connectivity index (χ2v) is 7.03. The van der Waals surface area contributed by atoms with Gasteiger partial charge in [-0.1, -0.05) is 30.7 Å². The highest BCUT2D eigenvalue weighted by atomic mass is 35.5. The van der Waals surface area contributed by atoms with Crippen LogP contribution in [0.25, 0.3) is 11.3 Å². The molecule has 0 spiro atoms. The Morgan fingerprint density at radius 1 is 1.29 bits per heavy atom. The number of carbonyl (C=O) groups excluding carboxylic acids is 1. The number of nitrogens with one attached hydrogen (secondary N) is 1. The first kappa shape index (κ1) is 17.0. The van der Waals surface area contributed by atoms with E-state index in [0.717, 1.165) is 24.3 Å². The first-order valence-electron chi connectivity index (χ1n) is 8.61. The molecule has 1 heterocycles. The van der Waals surface area contributed by atoms with Crippen molar-refractivity contribution in [3.05, 3.63) is 41.4 Å². The maximum atomic E-state index is 12.1. The number of halogens is 1. The van der Waals surface area contributed by atoms with Gasteiger partial charge in [0, 0.05) is 24.4 Å². The molecule has 0 bridgehead atoms. The van der Waals surface area contributed by atoms with Crippen molar-refractivity contribution in [3.63, 3.8) is 0 Å². The van der Waals surface area contributed by atoms with Gasteiger partial charge in [0.2, 0.25) is 5.91 Å². The van der Waals surface area contributed by atoms with Gasteiger partial charge in [-0.3, -0.25) is 4.79 Å². The van der Waals surface area contributed by atoms with Crippen molar-refractivity contribution < 1.29 is 9.21 Å². The summed E-state index contributed by atoms with van der Waals surface area (Å²) in [5, 5.41) is 3.76. The molecule has 1 aromatic carbocycles. The molecule has 2 aromatic rings. The van der Waals surface area contributed by atoms with E-state index in [4.69, 9.17) is 16.0 Å². The Morgan fingerprint density at radius 2 is 2.04 bits per heavy atom. The number of benzene rings is 1. The fourth-order valence-electron chi connectivity index (χ4n) is 3.14. The van der Waals surface area contributed by atoms with E-state index in [1.165, 1.54) is 12.8 Å². The zero-order valence-corrected chi connectivity index (χ0v) is 14.7. The highest BCUT2D eigenvalue weighted by Gasteiger charge is 2.20. The van der Waals surface area contributed by atoms with Crippen molar-refractivity contribution in [2.75, 3.05) is 0 Å². The second-order valence-electron chi connectivity index (χ2n) is 6.62. The summed E-state index contributed by atoms with van der Waals surface area (Å²) in [6, 6.07) is 7.82. The summed E-state index contributed by atoms with van der Waals surface area (Å²) in [6.45, 7) is 2.27. The maximum absolute atomic E-state index is 12.1. The van der Waals surface area contributed by atoms with Crippen LogP contribution in [0.3, 0.4) is 0 Å². The standard InChI is InChI=1S/C19H23ClN2O2/c1-13-6-8-14(9-7-13)22-18(23)10-11-19-21-12-17(24-19)15-4-2-3-5-16(15)20/h2-5,12-14H,6-11H2,1H3,(H,22,23). The molecule has 24 heavy (non-hydrogen) atoms. The summed E-state index contributed by atoms with van der Waals surface area (Å²) in [4.78, 5) is 16.4. The Labute approximate surface area is 147 Å². The number of amides is 1. The van der Waals surface area contributed by atoms with Crippen LogP contribution in [0, 0.1) is 5.92 Å². The molecule has 4 nitrogen and oxygen atoms in total. The van der Waals surface area contributed by atoms with Crippen LogP contribution >= 0.6 is 11.6 Å². The van der Waals surface area contributed by atoms with Crippen molar-refractivity contribution in [2.45, 2.75) is 51.5 Å². The molecule has 0 radical (unpaired) electrons. The Balaban J connectivity index is 1.50. The maximum Gasteiger partial charge on any atom is 0.220 e. The molecule has 1 fully saturated rings. The minimum atomic E-state index is 0.0760. The molecule has 0 atom stereocenters. The third kappa shape index (κ3) is 4.38. The van der Waals surface area contributed by atoms with E-state index in [9.17, 15) is 4.79 Å². The van der Waals surface area contributed by atoms with E-state index in [2.05, 4.69) is 17.2 Å². The van der Waals surface area contributed by atoms with Crippen molar-refractivity contribution in [3.8, 4) is 11.3 Å². The average Bonchev–Trinajstić information content (AvgIpc) is 3.04. The fourth-order valence-corrected chi connectivity index (χ4v) is 3.36. The molecule has 1 aliphatic carbocycles. The van der Waals surface area contributed by atoms with Gasteiger partial charge in [0.15, 0.2) is 11.7 Å². The van der Waals surface area contributed by atoms with Gasteiger partial charge in [-0.15, -0.1) is 0 Å². The zero-order valence-electron chi connectivity index (χ0n) is 13.9. The lowest BCUT2D eigenvalue weighted by Crippen LogP contribution is -2.37. The number of hydrogen-bond donors (Lipinski definition) is 1. The van der Waals surface area contributed by atoms with Gasteiger partial charge >= 0.3 is 0 Å². The van der Waals surface area contributed by atoms with Crippen LogP contribution < -0.4 is 5.32 Å². The lowest BCUT2D eigenvalue weighted by molar-refractivity contribution is -0.122. The van der Waals surface area contributed by atoms with Crippen LogP contribution in [0.2, 0.25) is 5.02 Å². The summed E-state index contributed by atoms with van der Waals surface area (Å²) in [6.07, 6.45) is 7.13. The molecule has 3 rings (SSSR count). The van der Waals surface area contributed by atoms with Gasteiger partial charge in [-0.25, -0.2) is 4.98 Å². The number of nitrogens with zero attached hydrogens (tertiary/aromatic N) is 1. The molecule has 1 saturated carbocycles. The van der Waals surface area contributed by atoms with E-state index >= 15 is 0 Å². The van der Waals surface area contributed by atoms with Crippen LogP contribution in [0.4, 0.5) is 0 Å². The average molecular weight is 347 g/mol. The summed E-state index contributed by atoms with van der Waals surface area (Å²) in [5.74, 6) is 2.07. The number of carbonyl (C=O) groups is 1. The Bertz CT molecular complexity index is 690. The van der Waals surface area contributed by atoms with Gasteiger partial charge in [-0.05, 0) is 43.7 Å². The number of aryl methyl sites for hydroxylation is 1. The smallest absolute Gasteiger partial charge is 0.220 e. The molecule has 1 aliphatic rings. The monoisotopic (exact) mass is 346 g/mol. The fraction of sp³-hybridized carbons (Fsp3) is 0.474. The summed E-state index contributed by atoms with van der Waals surface area (Å²) in [7, 11) is 0. The van der Waals surface area contributed by atoms with Crippen molar-refractivity contribution in [1.29, 1.82) is 0 Å². The molecule has 0 aliphatic heterocycles. The van der Waals surface area contributed by atoms with E-state index in [0.29, 0.717) is 35.6 Å². The van der Waals surface area contributed by atoms with Gasteiger partial charge in [0.25, 0.3) is 0 Å². The van der Waals surface area contributed by atoms with Crippen LogP contribution in [0.15, 0.2) is 34.9 Å². The van der Waals surface area contributed by atoms with E-state index in [1.807, 2.05) is 24.3 Å². The van der Waals surface area contributed by atoms with Crippen LogP contribution in [0.5, 0.6) is 0 Å². The highest BCUT2D eigenvalue weighted by Crippen LogP contribution is 2.28. The topological polar surface area (TPSA) is 55.1 Å². The Morgan fingerprint density at radius 3 is 2.79 bits per heavy atom. The molecule has 1 N–H and O–H groups in total. The minimum Gasteiger partial charge on any atom is -0.441 e. The third-order valence-corrected chi connectivity index (χ3v) is 4.97. The van der Waals surface area contributed by atoms with E-state index in [1.54, 1.807) is 6.20 Å². The van der Waals surface area contributed by atoms with Crippen molar-refractivity contribution >= 4 is 17.5 Å². The van der Waals surface area contributed by atoms with Crippen LogP contribution in [0.1, 0.15) is 44.9 Å². The van der Waals surface area contributed by atoms with E-state index in [-0.39, 0.29) is 5.91 Å². The molecule has 0 unspecified atom stereocenters. The van der Waals surface area contributed by atoms with Gasteiger partial charge in [0.1, 0.15) is 0 Å². The summed E-state index contributed by atoms with van der Waals surface area (Å²) in [5.41, 5.74) is 0.818. The predicted molar refractivity (Wildman–Crippen MR) is 94.8 cm³/mol.